The minimum absolute atomic E-state index is 0.0485. The minimum atomic E-state index is -5.21. The molecule has 13 rings (SSSR count). The van der Waals surface area contributed by atoms with E-state index in [2.05, 4.69) is 54.6 Å². The number of alkyl halides is 6. The van der Waals surface area contributed by atoms with E-state index in [4.69, 9.17) is 0 Å². The summed E-state index contributed by atoms with van der Waals surface area (Å²) in [5.74, 6) is 0. The Morgan fingerprint density at radius 1 is 0.234 bits per heavy atom. The molecule has 94 heavy (non-hydrogen) atoms. The summed E-state index contributed by atoms with van der Waals surface area (Å²) in [5.41, 5.74) is 5.79. The Balaban J connectivity index is 1.15. The standard InChI is InChI=1S/C77H33F6N11/c78-76(79,80)58-26-53(27-59(33-58)77(81,82)83)48-6-16-71(94-74-19-9-51(62-13-3-45(36-86)23-56(62)41-91)31-68(74)69-32-52(10-20-75(69)94)63-14-4-46(37-87)24-57(63)42-92)65(28-48)64-25-47(38-88)5-15-70(64)93-72-17-7-49(60-11-1-43(34-84)21-54(60)39-89)29-66(72)67-30-50(8-18-73(67)93)61-12-2-44(35-85)22-55(61)40-90/h1-33H. The Morgan fingerprint density at radius 2 is 0.511 bits per heavy atom. The number of benzene rings is 11. The lowest BCUT2D eigenvalue weighted by Gasteiger charge is -2.21. The van der Waals surface area contributed by atoms with Gasteiger partial charge < -0.3 is 9.13 Å². The van der Waals surface area contributed by atoms with Crippen LogP contribution in [0.15, 0.2) is 200 Å². The van der Waals surface area contributed by atoms with Crippen molar-refractivity contribution in [3.8, 4) is 133 Å². The van der Waals surface area contributed by atoms with E-state index in [-0.39, 0.29) is 72.8 Å². The second-order valence-electron chi connectivity index (χ2n) is 21.9. The molecule has 2 aromatic heterocycles. The second kappa shape index (κ2) is 22.9. The predicted molar refractivity (Wildman–Crippen MR) is 340 cm³/mol. The number of fused-ring (bicyclic) bond motifs is 6. The first-order chi connectivity index (χ1) is 45.4. The molecule has 438 valence electrons. The lowest BCUT2D eigenvalue weighted by molar-refractivity contribution is -0.143. The molecule has 0 amide bonds. The van der Waals surface area contributed by atoms with Crippen LogP contribution in [0.5, 0.6) is 0 Å². The molecule has 11 aromatic carbocycles. The van der Waals surface area contributed by atoms with Crippen LogP contribution in [0.3, 0.4) is 0 Å². The average Bonchev–Trinajstić information content (AvgIpc) is 1.56. The van der Waals surface area contributed by atoms with E-state index in [0.29, 0.717) is 112 Å². The zero-order valence-electron chi connectivity index (χ0n) is 48.2. The molecule has 11 nitrogen and oxygen atoms in total. The molecule has 13 aromatic rings. The average molecular weight is 1230 g/mol. The molecule has 0 N–H and O–H groups in total. The third-order valence-electron chi connectivity index (χ3n) is 16.7. The SMILES string of the molecule is N#Cc1ccc(-c2ccc3c(c2)c2cc(-c4ccc(C#N)cc4C#N)ccc2n3-c2ccc(C#N)cc2-c2cc(-c3cc(C(F)(F)F)cc(C(F)(F)F)c3)ccc2-n2c3ccc(-c4ccc(C#N)cc4C#N)cc3c3cc(-c4ccc(C#N)cc4C#N)ccc32)c(C#N)c1. The molecule has 0 aliphatic heterocycles. The lowest BCUT2D eigenvalue weighted by Crippen LogP contribution is -2.11. The normalized spacial score (nSPS) is 11.2. The maximum absolute atomic E-state index is 14.8. The van der Waals surface area contributed by atoms with E-state index in [1.54, 1.807) is 109 Å². The summed E-state index contributed by atoms with van der Waals surface area (Å²) in [6, 6.07) is 70.4. The molecule has 0 bridgehead atoms. The van der Waals surface area contributed by atoms with Crippen LogP contribution >= 0.6 is 0 Å². The van der Waals surface area contributed by atoms with Crippen LogP contribution in [-0.4, -0.2) is 9.13 Å². The zero-order valence-corrected chi connectivity index (χ0v) is 48.2. The number of nitrogens with zero attached hydrogens (tertiary/aromatic N) is 11. The van der Waals surface area contributed by atoms with Crippen molar-refractivity contribution < 1.29 is 26.3 Å². The first kappa shape index (κ1) is 59.0. The van der Waals surface area contributed by atoms with Gasteiger partial charge >= 0.3 is 12.4 Å². The van der Waals surface area contributed by atoms with Crippen molar-refractivity contribution in [1.82, 2.24) is 9.13 Å². The van der Waals surface area contributed by atoms with E-state index >= 15 is 0 Å². The number of aromatic nitrogens is 2. The highest BCUT2D eigenvalue weighted by Crippen LogP contribution is 2.47. The summed E-state index contributed by atoms with van der Waals surface area (Å²) >= 11 is 0. The van der Waals surface area contributed by atoms with Crippen LogP contribution in [-0.2, 0) is 12.4 Å². The molecule has 0 radical (unpaired) electrons. The molecule has 0 atom stereocenters. The number of halogens is 6. The molecule has 17 heteroatoms. The number of nitriles is 9. The van der Waals surface area contributed by atoms with Crippen molar-refractivity contribution in [2.24, 2.45) is 0 Å². The van der Waals surface area contributed by atoms with Gasteiger partial charge in [-0.05, 0) is 201 Å². The van der Waals surface area contributed by atoms with Gasteiger partial charge in [0.2, 0.25) is 0 Å². The summed E-state index contributed by atoms with van der Waals surface area (Å²) in [4.78, 5) is 0. The molecule has 0 saturated heterocycles. The van der Waals surface area contributed by atoms with E-state index in [1.807, 2.05) is 45.5 Å². The van der Waals surface area contributed by atoms with E-state index < -0.39 is 29.0 Å². The predicted octanol–water partition coefficient (Wildman–Crippen LogP) is 18.8. The fourth-order valence-corrected chi connectivity index (χ4v) is 12.3. The quantitative estimate of drug-likeness (QED) is 0.132. The van der Waals surface area contributed by atoms with Gasteiger partial charge in [0.05, 0.1) is 149 Å². The fourth-order valence-electron chi connectivity index (χ4n) is 12.3. The Kier molecular flexibility index (Phi) is 14.4. The van der Waals surface area contributed by atoms with Crippen molar-refractivity contribution in [3.63, 3.8) is 0 Å². The fraction of sp³-hybridized carbons (Fsp3) is 0.0260. The van der Waals surface area contributed by atoms with Gasteiger partial charge in [-0.25, -0.2) is 0 Å². The molecule has 0 saturated carbocycles. The van der Waals surface area contributed by atoms with Gasteiger partial charge in [0.25, 0.3) is 0 Å². The van der Waals surface area contributed by atoms with Crippen molar-refractivity contribution in [2.75, 3.05) is 0 Å². The molecular weight excluding hydrogens is 1190 g/mol. The molecular formula is C77H33F6N11. The zero-order chi connectivity index (χ0) is 65.9. The highest BCUT2D eigenvalue weighted by atomic mass is 19.4. The summed E-state index contributed by atoms with van der Waals surface area (Å²) in [5, 5.41) is 93.8. The smallest absolute Gasteiger partial charge is 0.309 e. The topological polar surface area (TPSA) is 224 Å². The van der Waals surface area contributed by atoms with Crippen molar-refractivity contribution >= 4 is 43.6 Å². The van der Waals surface area contributed by atoms with Crippen molar-refractivity contribution in [3.05, 3.63) is 261 Å². The Hall–Kier alpha value is -14.0. The van der Waals surface area contributed by atoms with Gasteiger partial charge in [0.15, 0.2) is 0 Å². The van der Waals surface area contributed by atoms with Gasteiger partial charge in [-0.2, -0.15) is 73.7 Å². The maximum Gasteiger partial charge on any atom is 0.416 e. The maximum atomic E-state index is 14.8. The van der Waals surface area contributed by atoms with Crippen LogP contribution in [0.2, 0.25) is 0 Å². The molecule has 0 aliphatic rings. The Bertz CT molecular complexity index is 5620. The summed E-state index contributed by atoms with van der Waals surface area (Å²) in [7, 11) is 0. The monoisotopic (exact) mass is 1230 g/mol. The Morgan fingerprint density at radius 3 is 0.809 bits per heavy atom. The Labute approximate surface area is 530 Å². The van der Waals surface area contributed by atoms with E-state index in [0.717, 1.165) is 0 Å². The van der Waals surface area contributed by atoms with Gasteiger partial charge in [0.1, 0.15) is 0 Å². The third kappa shape index (κ3) is 10.1. The first-order valence-electron chi connectivity index (χ1n) is 28.4. The molecule has 0 aliphatic carbocycles. The van der Waals surface area contributed by atoms with Crippen LogP contribution in [0, 0.1) is 102 Å². The van der Waals surface area contributed by atoms with Crippen molar-refractivity contribution in [2.45, 2.75) is 12.4 Å². The number of rotatable bonds is 8. The van der Waals surface area contributed by atoms with Gasteiger partial charge in [-0.1, -0.05) is 54.6 Å². The summed E-state index contributed by atoms with van der Waals surface area (Å²) in [6.07, 6.45) is -10.4. The van der Waals surface area contributed by atoms with Gasteiger partial charge in [0, 0.05) is 32.7 Å². The van der Waals surface area contributed by atoms with Crippen LogP contribution in [0.4, 0.5) is 26.3 Å². The van der Waals surface area contributed by atoms with Crippen LogP contribution < -0.4 is 0 Å². The molecule has 0 spiro atoms. The van der Waals surface area contributed by atoms with E-state index in [9.17, 15) is 73.7 Å². The highest BCUT2D eigenvalue weighted by Gasteiger charge is 2.37. The van der Waals surface area contributed by atoms with Crippen LogP contribution in [0.1, 0.15) is 61.2 Å². The van der Waals surface area contributed by atoms with Gasteiger partial charge in [-0.3, -0.25) is 0 Å². The largest absolute Gasteiger partial charge is 0.416 e. The summed E-state index contributed by atoms with van der Waals surface area (Å²) in [6.45, 7) is 0. The molecule has 0 unspecified atom stereocenters. The highest BCUT2D eigenvalue weighted by molar-refractivity contribution is 6.14. The number of hydrogen-bond acceptors (Lipinski definition) is 9. The lowest BCUT2D eigenvalue weighted by atomic mass is 9.93. The third-order valence-corrected chi connectivity index (χ3v) is 16.7. The number of hydrogen-bond donors (Lipinski definition) is 0. The second-order valence-corrected chi connectivity index (χ2v) is 21.9. The molecule has 2 heterocycles. The first-order valence-corrected chi connectivity index (χ1v) is 28.4. The van der Waals surface area contributed by atoms with E-state index in [1.165, 1.54) is 36.4 Å². The minimum Gasteiger partial charge on any atom is -0.309 e. The van der Waals surface area contributed by atoms with Gasteiger partial charge in [-0.15, -0.1) is 0 Å². The molecule has 0 fully saturated rings. The summed E-state index contributed by atoms with van der Waals surface area (Å²) < 4.78 is 92.5. The van der Waals surface area contributed by atoms with Crippen LogP contribution in [0.25, 0.3) is 122 Å². The van der Waals surface area contributed by atoms with Crippen molar-refractivity contribution in [1.29, 1.82) is 47.4 Å².